The Bertz CT molecular complexity index is 234. The molecule has 3 N–H and O–H groups in total. The summed E-state index contributed by atoms with van der Waals surface area (Å²) in [4.78, 5) is 22.4. The van der Waals surface area contributed by atoms with Gasteiger partial charge in [0.15, 0.2) is 0 Å². The van der Waals surface area contributed by atoms with E-state index in [4.69, 9.17) is 5.73 Å². The Hall–Kier alpha value is -1.06. The summed E-state index contributed by atoms with van der Waals surface area (Å²) in [6.45, 7) is 4.00. The molecule has 14 heavy (non-hydrogen) atoms. The summed E-state index contributed by atoms with van der Waals surface area (Å²) >= 11 is 0. The average Bonchev–Trinajstić information content (AvgIpc) is 2.83. The molecular weight excluding hydrogens is 180 g/mol. The van der Waals surface area contributed by atoms with Gasteiger partial charge in [-0.3, -0.25) is 9.59 Å². The highest BCUT2D eigenvalue weighted by molar-refractivity contribution is 5.88. The van der Waals surface area contributed by atoms with Crippen molar-refractivity contribution >= 4 is 11.8 Å². The molecule has 80 valence electrons. The Labute approximate surface area is 84.2 Å². The molecule has 0 unspecified atom stereocenters. The van der Waals surface area contributed by atoms with E-state index in [1.807, 2.05) is 13.8 Å². The molecule has 1 atom stereocenters. The van der Waals surface area contributed by atoms with Crippen LogP contribution in [0.3, 0.4) is 0 Å². The number of amides is 2. The van der Waals surface area contributed by atoms with Crippen molar-refractivity contribution in [3.8, 4) is 0 Å². The molecule has 0 aromatic heterocycles. The van der Waals surface area contributed by atoms with Crippen LogP contribution in [-0.4, -0.2) is 17.9 Å². The molecule has 0 radical (unpaired) electrons. The number of hydrogen-bond donors (Lipinski definition) is 2. The van der Waals surface area contributed by atoms with Gasteiger partial charge in [-0.25, -0.2) is 0 Å². The molecule has 0 aliphatic heterocycles. The highest BCUT2D eigenvalue weighted by Gasteiger charge is 2.32. The molecule has 1 aliphatic rings. The van der Waals surface area contributed by atoms with Crippen molar-refractivity contribution in [1.82, 2.24) is 5.32 Å². The summed E-state index contributed by atoms with van der Waals surface area (Å²) in [6.07, 6.45) is 2.51. The molecule has 4 heteroatoms. The van der Waals surface area contributed by atoms with Gasteiger partial charge in [0.1, 0.15) is 6.04 Å². The second kappa shape index (κ2) is 4.44. The molecule has 1 aliphatic carbocycles. The van der Waals surface area contributed by atoms with Crippen LogP contribution in [0.5, 0.6) is 0 Å². The topological polar surface area (TPSA) is 72.2 Å². The first kappa shape index (κ1) is 11.0. The van der Waals surface area contributed by atoms with Crippen LogP contribution in [0, 0.1) is 11.8 Å². The average molecular weight is 198 g/mol. The van der Waals surface area contributed by atoms with Crippen molar-refractivity contribution in [2.24, 2.45) is 17.6 Å². The third kappa shape index (κ3) is 3.36. The van der Waals surface area contributed by atoms with E-state index in [1.165, 1.54) is 0 Å². The first-order valence-corrected chi connectivity index (χ1v) is 5.10. The highest BCUT2D eigenvalue weighted by Crippen LogP contribution is 2.29. The van der Waals surface area contributed by atoms with Crippen molar-refractivity contribution < 1.29 is 9.59 Å². The first-order chi connectivity index (χ1) is 6.50. The molecular formula is C10H18N2O2. The van der Waals surface area contributed by atoms with Gasteiger partial charge in [0, 0.05) is 5.92 Å². The smallest absolute Gasteiger partial charge is 0.240 e. The van der Waals surface area contributed by atoms with Crippen LogP contribution in [0.15, 0.2) is 0 Å². The molecule has 2 amide bonds. The minimum atomic E-state index is -0.497. The lowest BCUT2D eigenvalue weighted by molar-refractivity contribution is -0.128. The molecule has 1 rings (SSSR count). The summed E-state index contributed by atoms with van der Waals surface area (Å²) in [6, 6.07) is -0.497. The van der Waals surface area contributed by atoms with E-state index in [0.29, 0.717) is 12.3 Å². The predicted molar refractivity (Wildman–Crippen MR) is 53.3 cm³/mol. The van der Waals surface area contributed by atoms with Crippen LogP contribution in [0.1, 0.15) is 33.1 Å². The predicted octanol–water partition coefficient (Wildman–Crippen LogP) is 0.413. The van der Waals surface area contributed by atoms with E-state index >= 15 is 0 Å². The van der Waals surface area contributed by atoms with E-state index in [-0.39, 0.29) is 11.8 Å². The maximum absolute atomic E-state index is 11.4. The van der Waals surface area contributed by atoms with E-state index < -0.39 is 11.9 Å². The van der Waals surface area contributed by atoms with E-state index in [1.54, 1.807) is 0 Å². The van der Waals surface area contributed by atoms with Gasteiger partial charge >= 0.3 is 0 Å². The number of carbonyl (C=O) groups is 2. The third-order valence-corrected chi connectivity index (χ3v) is 2.32. The van der Waals surface area contributed by atoms with E-state index in [2.05, 4.69) is 5.32 Å². The Morgan fingerprint density at radius 1 is 1.43 bits per heavy atom. The van der Waals surface area contributed by atoms with Crippen LogP contribution >= 0.6 is 0 Å². The number of hydrogen-bond acceptors (Lipinski definition) is 2. The quantitative estimate of drug-likeness (QED) is 0.671. The molecule has 0 saturated heterocycles. The van der Waals surface area contributed by atoms with Gasteiger partial charge < -0.3 is 11.1 Å². The van der Waals surface area contributed by atoms with Crippen molar-refractivity contribution in [3.63, 3.8) is 0 Å². The molecule has 0 bridgehead atoms. The zero-order valence-electron chi connectivity index (χ0n) is 8.75. The van der Waals surface area contributed by atoms with Crippen LogP contribution in [-0.2, 0) is 9.59 Å². The maximum atomic E-state index is 11.4. The summed E-state index contributed by atoms with van der Waals surface area (Å²) in [5, 5.41) is 2.70. The number of rotatable bonds is 5. The Balaban J connectivity index is 2.41. The molecule has 4 nitrogen and oxygen atoms in total. The van der Waals surface area contributed by atoms with Crippen molar-refractivity contribution in [2.75, 3.05) is 0 Å². The van der Waals surface area contributed by atoms with Crippen LogP contribution in [0.25, 0.3) is 0 Å². The van der Waals surface area contributed by atoms with Gasteiger partial charge in [0.05, 0.1) is 0 Å². The largest absolute Gasteiger partial charge is 0.368 e. The number of carbonyl (C=O) groups excluding carboxylic acids is 2. The van der Waals surface area contributed by atoms with Gasteiger partial charge in [-0.05, 0) is 25.2 Å². The lowest BCUT2D eigenvalue weighted by Crippen LogP contribution is -2.45. The Morgan fingerprint density at radius 3 is 2.36 bits per heavy atom. The van der Waals surface area contributed by atoms with Gasteiger partial charge in [-0.2, -0.15) is 0 Å². The fraction of sp³-hybridized carbons (Fsp3) is 0.800. The third-order valence-electron chi connectivity index (χ3n) is 2.32. The molecule has 0 aromatic carbocycles. The van der Waals surface area contributed by atoms with Gasteiger partial charge in [0.25, 0.3) is 0 Å². The zero-order chi connectivity index (χ0) is 10.7. The summed E-state index contributed by atoms with van der Waals surface area (Å²) in [5.41, 5.74) is 5.20. The van der Waals surface area contributed by atoms with Crippen molar-refractivity contribution in [2.45, 2.75) is 39.2 Å². The molecule has 0 spiro atoms. The van der Waals surface area contributed by atoms with Crippen LogP contribution in [0.2, 0.25) is 0 Å². The normalized spacial score (nSPS) is 17.9. The Morgan fingerprint density at radius 2 is 2.00 bits per heavy atom. The van der Waals surface area contributed by atoms with E-state index in [9.17, 15) is 9.59 Å². The number of primary amides is 1. The van der Waals surface area contributed by atoms with E-state index in [0.717, 1.165) is 12.8 Å². The maximum Gasteiger partial charge on any atom is 0.240 e. The second-order valence-corrected chi connectivity index (χ2v) is 4.37. The lowest BCUT2D eigenvalue weighted by atomic mass is 10.0. The molecule has 1 saturated carbocycles. The van der Waals surface area contributed by atoms with Gasteiger partial charge in [-0.1, -0.05) is 13.8 Å². The standard InChI is InChI=1S/C10H18N2O2/c1-6(2)5-8(9(11)13)12-10(14)7-3-4-7/h6-8H,3-5H2,1-2H3,(H2,11,13)(H,12,14)/t8-/m0/s1. The van der Waals surface area contributed by atoms with Crippen LogP contribution < -0.4 is 11.1 Å². The summed E-state index contributed by atoms with van der Waals surface area (Å²) < 4.78 is 0. The molecule has 0 aromatic rings. The Kier molecular flexibility index (Phi) is 3.49. The fourth-order valence-corrected chi connectivity index (χ4v) is 1.35. The number of nitrogens with two attached hydrogens (primary N) is 1. The molecule has 1 fully saturated rings. The zero-order valence-corrected chi connectivity index (χ0v) is 8.75. The van der Waals surface area contributed by atoms with Gasteiger partial charge in [0.2, 0.25) is 11.8 Å². The van der Waals surface area contributed by atoms with Crippen LogP contribution in [0.4, 0.5) is 0 Å². The monoisotopic (exact) mass is 198 g/mol. The van der Waals surface area contributed by atoms with Crippen molar-refractivity contribution in [3.05, 3.63) is 0 Å². The highest BCUT2D eigenvalue weighted by atomic mass is 16.2. The minimum absolute atomic E-state index is 0.0190. The number of nitrogens with one attached hydrogen (secondary N) is 1. The second-order valence-electron chi connectivity index (χ2n) is 4.37. The minimum Gasteiger partial charge on any atom is -0.368 e. The lowest BCUT2D eigenvalue weighted by Gasteiger charge is -2.17. The van der Waals surface area contributed by atoms with Gasteiger partial charge in [-0.15, -0.1) is 0 Å². The first-order valence-electron chi connectivity index (χ1n) is 5.10. The van der Waals surface area contributed by atoms with Crippen molar-refractivity contribution in [1.29, 1.82) is 0 Å². The molecule has 0 heterocycles. The SMILES string of the molecule is CC(C)C[C@H](NC(=O)C1CC1)C(N)=O. The summed E-state index contributed by atoms with van der Waals surface area (Å²) in [7, 11) is 0. The fourth-order valence-electron chi connectivity index (χ4n) is 1.35. The summed E-state index contributed by atoms with van der Waals surface area (Å²) in [5.74, 6) is 0.0261.